The first-order valence-electron chi connectivity index (χ1n) is 6.54. The number of nitrogens with one attached hydrogen (secondary N) is 1. The minimum absolute atomic E-state index is 0.0380. The van der Waals surface area contributed by atoms with Crippen LogP contribution in [0.25, 0.3) is 0 Å². The van der Waals surface area contributed by atoms with E-state index in [0.29, 0.717) is 0 Å². The van der Waals surface area contributed by atoms with E-state index < -0.39 is 23.4 Å². The van der Waals surface area contributed by atoms with Crippen molar-refractivity contribution in [1.82, 2.24) is 0 Å². The molecule has 0 aliphatic rings. The molecule has 9 heteroatoms. The molecule has 0 atom stereocenters. The molecule has 2 rings (SSSR count). The van der Waals surface area contributed by atoms with Crippen LogP contribution in [0.4, 0.5) is 11.4 Å². The van der Waals surface area contributed by atoms with E-state index in [1.165, 1.54) is 36.4 Å². The SMILES string of the molecule is O=C(COC(=O)c1c(Cl)cccc1Cl)Nc1cccc([N+](=O)[O-])c1. The fourth-order valence-electron chi connectivity index (χ4n) is 1.79. The van der Waals surface area contributed by atoms with Gasteiger partial charge >= 0.3 is 5.97 Å². The smallest absolute Gasteiger partial charge is 0.341 e. The van der Waals surface area contributed by atoms with Gasteiger partial charge in [0.05, 0.1) is 20.5 Å². The van der Waals surface area contributed by atoms with E-state index in [0.717, 1.165) is 0 Å². The maximum atomic E-state index is 11.9. The normalized spacial score (nSPS) is 10.1. The van der Waals surface area contributed by atoms with E-state index in [2.05, 4.69) is 5.32 Å². The number of hydrogen-bond acceptors (Lipinski definition) is 5. The van der Waals surface area contributed by atoms with Crippen LogP contribution in [0.1, 0.15) is 10.4 Å². The van der Waals surface area contributed by atoms with Gasteiger partial charge in [-0.25, -0.2) is 4.79 Å². The molecule has 124 valence electrons. The van der Waals surface area contributed by atoms with Crippen LogP contribution in [-0.4, -0.2) is 23.4 Å². The Labute approximate surface area is 146 Å². The highest BCUT2D eigenvalue weighted by Gasteiger charge is 2.17. The molecule has 0 spiro atoms. The van der Waals surface area contributed by atoms with Crippen molar-refractivity contribution in [3.05, 3.63) is 68.2 Å². The molecule has 2 aromatic rings. The van der Waals surface area contributed by atoms with Crippen molar-refractivity contribution in [3.8, 4) is 0 Å². The van der Waals surface area contributed by atoms with Crippen LogP contribution in [0.2, 0.25) is 10.0 Å². The highest BCUT2D eigenvalue weighted by molar-refractivity contribution is 6.39. The van der Waals surface area contributed by atoms with Crippen LogP contribution >= 0.6 is 23.2 Å². The number of nitrogens with zero attached hydrogens (tertiary/aromatic N) is 1. The van der Waals surface area contributed by atoms with E-state index in [9.17, 15) is 19.7 Å². The monoisotopic (exact) mass is 368 g/mol. The Morgan fingerprint density at radius 1 is 1.12 bits per heavy atom. The molecule has 7 nitrogen and oxygen atoms in total. The van der Waals surface area contributed by atoms with Gasteiger partial charge in [0.2, 0.25) is 0 Å². The summed E-state index contributed by atoms with van der Waals surface area (Å²) < 4.78 is 4.85. The van der Waals surface area contributed by atoms with Gasteiger partial charge in [-0.2, -0.15) is 0 Å². The molecule has 0 fully saturated rings. The summed E-state index contributed by atoms with van der Waals surface area (Å²) in [5.41, 5.74) is -0.00217. The summed E-state index contributed by atoms with van der Waals surface area (Å²) >= 11 is 11.7. The maximum Gasteiger partial charge on any atom is 0.341 e. The van der Waals surface area contributed by atoms with Crippen molar-refractivity contribution in [1.29, 1.82) is 0 Å². The molecule has 0 aliphatic carbocycles. The third-order valence-corrected chi connectivity index (χ3v) is 3.47. The number of benzene rings is 2. The Morgan fingerprint density at radius 3 is 2.38 bits per heavy atom. The Kier molecular flexibility index (Phi) is 5.73. The summed E-state index contributed by atoms with van der Waals surface area (Å²) in [7, 11) is 0. The number of amides is 1. The lowest BCUT2D eigenvalue weighted by Crippen LogP contribution is -2.21. The molecule has 0 aliphatic heterocycles. The lowest BCUT2D eigenvalue weighted by molar-refractivity contribution is -0.384. The van der Waals surface area contributed by atoms with Crippen LogP contribution < -0.4 is 5.32 Å². The van der Waals surface area contributed by atoms with Gasteiger partial charge < -0.3 is 10.1 Å². The van der Waals surface area contributed by atoms with Crippen molar-refractivity contribution >= 4 is 46.5 Å². The molecule has 0 aromatic heterocycles. The van der Waals surface area contributed by atoms with E-state index in [1.54, 1.807) is 6.07 Å². The van der Waals surface area contributed by atoms with Gasteiger partial charge in [-0.3, -0.25) is 14.9 Å². The maximum absolute atomic E-state index is 11.9. The van der Waals surface area contributed by atoms with Gasteiger partial charge in [-0.1, -0.05) is 35.3 Å². The van der Waals surface area contributed by atoms with Crippen molar-refractivity contribution < 1.29 is 19.2 Å². The quantitative estimate of drug-likeness (QED) is 0.492. The molecule has 0 radical (unpaired) electrons. The number of nitro benzene ring substituents is 1. The molecular formula is C15H10Cl2N2O5. The van der Waals surface area contributed by atoms with Gasteiger partial charge in [0.25, 0.3) is 11.6 Å². The topological polar surface area (TPSA) is 98.5 Å². The average molecular weight is 369 g/mol. The molecule has 0 bridgehead atoms. The number of ether oxygens (including phenoxy) is 1. The zero-order valence-corrected chi connectivity index (χ0v) is 13.5. The zero-order valence-electron chi connectivity index (χ0n) is 12.0. The Balaban J connectivity index is 1.97. The van der Waals surface area contributed by atoms with Crippen LogP contribution in [0.15, 0.2) is 42.5 Å². The van der Waals surface area contributed by atoms with Crippen LogP contribution in [-0.2, 0) is 9.53 Å². The van der Waals surface area contributed by atoms with Gasteiger partial charge in [0.1, 0.15) is 0 Å². The second-order valence-corrected chi connectivity index (χ2v) is 5.34. The van der Waals surface area contributed by atoms with Crippen LogP contribution in [0, 0.1) is 10.1 Å². The number of carbonyl (C=O) groups is 2. The van der Waals surface area contributed by atoms with Crippen LogP contribution in [0.3, 0.4) is 0 Å². The summed E-state index contributed by atoms with van der Waals surface area (Å²) in [6, 6.07) is 9.86. The third-order valence-electron chi connectivity index (χ3n) is 2.84. The molecule has 1 N–H and O–H groups in total. The van der Waals surface area contributed by atoms with Crippen molar-refractivity contribution in [2.24, 2.45) is 0 Å². The minimum Gasteiger partial charge on any atom is -0.452 e. The number of carbonyl (C=O) groups excluding carboxylic acids is 2. The standard InChI is InChI=1S/C15H10Cl2N2O5/c16-11-5-2-6-12(17)14(11)15(21)24-8-13(20)18-9-3-1-4-10(7-9)19(22)23/h1-7H,8H2,(H,18,20). The van der Waals surface area contributed by atoms with Crippen molar-refractivity contribution in [2.45, 2.75) is 0 Å². The lowest BCUT2D eigenvalue weighted by Gasteiger charge is -2.08. The Hall–Kier alpha value is -2.64. The summed E-state index contributed by atoms with van der Waals surface area (Å²) in [6.45, 7) is -0.594. The molecule has 0 unspecified atom stereocenters. The number of anilines is 1. The van der Waals surface area contributed by atoms with E-state index in [-0.39, 0.29) is 27.0 Å². The first kappa shape index (κ1) is 17.7. The fraction of sp³-hybridized carbons (Fsp3) is 0.0667. The molecule has 2 aromatic carbocycles. The number of non-ortho nitro benzene ring substituents is 1. The summed E-state index contributed by atoms with van der Waals surface area (Å²) in [6.07, 6.45) is 0. The zero-order chi connectivity index (χ0) is 17.7. The van der Waals surface area contributed by atoms with Gasteiger partial charge in [0, 0.05) is 17.8 Å². The molecular weight excluding hydrogens is 359 g/mol. The predicted molar refractivity (Wildman–Crippen MR) is 88.5 cm³/mol. The van der Waals surface area contributed by atoms with Crippen molar-refractivity contribution in [2.75, 3.05) is 11.9 Å². The number of halogens is 2. The van der Waals surface area contributed by atoms with E-state index in [1.807, 2.05) is 0 Å². The molecule has 1 amide bonds. The van der Waals surface area contributed by atoms with Crippen LogP contribution in [0.5, 0.6) is 0 Å². The summed E-state index contributed by atoms with van der Waals surface area (Å²) in [5.74, 6) is -1.51. The fourth-order valence-corrected chi connectivity index (χ4v) is 2.34. The van der Waals surface area contributed by atoms with Crippen molar-refractivity contribution in [3.63, 3.8) is 0 Å². The molecule has 0 saturated carbocycles. The molecule has 0 saturated heterocycles. The first-order valence-corrected chi connectivity index (χ1v) is 7.29. The average Bonchev–Trinajstić information content (AvgIpc) is 2.53. The van der Waals surface area contributed by atoms with Gasteiger partial charge in [0.15, 0.2) is 6.61 Å². The second kappa shape index (κ2) is 7.76. The summed E-state index contributed by atoms with van der Waals surface area (Å²) in [5, 5.41) is 13.3. The minimum atomic E-state index is -0.847. The van der Waals surface area contributed by atoms with E-state index in [4.69, 9.17) is 27.9 Å². The lowest BCUT2D eigenvalue weighted by atomic mass is 10.2. The predicted octanol–water partition coefficient (Wildman–Crippen LogP) is 3.70. The molecule has 0 heterocycles. The number of rotatable bonds is 5. The number of esters is 1. The van der Waals surface area contributed by atoms with Gasteiger partial charge in [-0.05, 0) is 18.2 Å². The Morgan fingerprint density at radius 2 is 1.75 bits per heavy atom. The largest absolute Gasteiger partial charge is 0.452 e. The number of hydrogen-bond donors (Lipinski definition) is 1. The second-order valence-electron chi connectivity index (χ2n) is 4.53. The molecule has 24 heavy (non-hydrogen) atoms. The van der Waals surface area contributed by atoms with E-state index >= 15 is 0 Å². The Bertz CT molecular complexity index is 790. The first-order chi connectivity index (χ1) is 11.4. The summed E-state index contributed by atoms with van der Waals surface area (Å²) in [4.78, 5) is 33.8. The van der Waals surface area contributed by atoms with Gasteiger partial charge in [-0.15, -0.1) is 0 Å². The highest BCUT2D eigenvalue weighted by Crippen LogP contribution is 2.25. The highest BCUT2D eigenvalue weighted by atomic mass is 35.5. The number of nitro groups is 1. The third kappa shape index (κ3) is 4.43.